The summed E-state index contributed by atoms with van der Waals surface area (Å²) < 4.78 is 53.6. The molecule has 0 saturated carbocycles. The molecule has 1 N–H and O–H groups in total. The van der Waals surface area contributed by atoms with E-state index in [2.05, 4.69) is 5.32 Å². The van der Waals surface area contributed by atoms with Crippen LogP contribution in [0.1, 0.15) is 24.1 Å². The van der Waals surface area contributed by atoms with E-state index in [1.54, 1.807) is 6.92 Å². The first-order chi connectivity index (χ1) is 9.95. The average molecular weight is 318 g/mol. The summed E-state index contributed by atoms with van der Waals surface area (Å²) in [5, 5.41) is 2.81. The Morgan fingerprint density at radius 3 is 2.29 bits per heavy atom. The molecule has 0 amide bonds. The Labute approximate surface area is 124 Å². The average Bonchev–Trinajstić information content (AvgIpc) is 2.46. The Morgan fingerprint density at radius 1 is 1.00 bits per heavy atom. The van der Waals surface area contributed by atoms with Crippen LogP contribution in [-0.2, 0) is 0 Å². The first-order valence-electron chi connectivity index (χ1n) is 6.27. The number of halogens is 5. The fraction of sp³-hybridized carbons (Fsp3) is 0.200. The van der Waals surface area contributed by atoms with Gasteiger partial charge in [-0.3, -0.25) is 0 Å². The van der Waals surface area contributed by atoms with Crippen LogP contribution in [0.5, 0.6) is 0 Å². The van der Waals surface area contributed by atoms with Crippen molar-refractivity contribution in [2.75, 3.05) is 6.54 Å². The maximum absolute atomic E-state index is 13.9. The van der Waals surface area contributed by atoms with Crippen LogP contribution in [-0.4, -0.2) is 6.54 Å². The number of benzene rings is 2. The predicted octanol–water partition coefficient (Wildman–Crippen LogP) is 4.60. The van der Waals surface area contributed by atoms with E-state index in [-0.39, 0.29) is 10.6 Å². The Bertz CT molecular complexity index is 660. The molecule has 6 heteroatoms. The van der Waals surface area contributed by atoms with Gasteiger partial charge in [0.25, 0.3) is 0 Å². The summed E-state index contributed by atoms with van der Waals surface area (Å²) in [5.74, 6) is -4.69. The van der Waals surface area contributed by atoms with Gasteiger partial charge in [-0.2, -0.15) is 0 Å². The minimum absolute atomic E-state index is 0.0709. The van der Waals surface area contributed by atoms with Crippen molar-refractivity contribution in [1.82, 2.24) is 5.32 Å². The van der Waals surface area contributed by atoms with E-state index in [1.807, 2.05) is 0 Å². The zero-order chi connectivity index (χ0) is 15.6. The molecule has 2 aromatic rings. The number of rotatable bonds is 4. The molecule has 0 heterocycles. The van der Waals surface area contributed by atoms with Crippen LogP contribution in [0.2, 0.25) is 5.02 Å². The summed E-state index contributed by atoms with van der Waals surface area (Å²) in [7, 11) is 0. The van der Waals surface area contributed by atoms with Crippen LogP contribution in [0.25, 0.3) is 0 Å². The molecule has 0 aliphatic carbocycles. The second kappa shape index (κ2) is 6.45. The molecule has 0 aliphatic rings. The van der Waals surface area contributed by atoms with Crippen molar-refractivity contribution < 1.29 is 17.6 Å². The normalized spacial score (nSPS) is 12.5. The van der Waals surface area contributed by atoms with Gasteiger partial charge in [-0.1, -0.05) is 30.7 Å². The van der Waals surface area contributed by atoms with E-state index in [0.717, 1.165) is 18.2 Å². The van der Waals surface area contributed by atoms with Crippen molar-refractivity contribution in [3.8, 4) is 0 Å². The summed E-state index contributed by atoms with van der Waals surface area (Å²) in [6.45, 7) is 2.22. The van der Waals surface area contributed by atoms with Crippen LogP contribution in [0.15, 0.2) is 30.3 Å². The number of hydrogen-bond donors (Lipinski definition) is 1. The zero-order valence-electron chi connectivity index (χ0n) is 11.1. The van der Waals surface area contributed by atoms with Gasteiger partial charge in [0.2, 0.25) is 0 Å². The lowest BCUT2D eigenvalue weighted by molar-refractivity contribution is 0.433. The second-order valence-corrected chi connectivity index (χ2v) is 4.84. The molecule has 112 valence electrons. The molecule has 0 aromatic heterocycles. The highest BCUT2D eigenvalue weighted by Gasteiger charge is 2.22. The molecule has 1 nitrogen and oxygen atoms in total. The van der Waals surface area contributed by atoms with Gasteiger partial charge in [-0.25, -0.2) is 17.6 Å². The Balaban J connectivity index is 2.53. The van der Waals surface area contributed by atoms with Crippen molar-refractivity contribution in [3.05, 3.63) is 69.8 Å². The maximum Gasteiger partial charge on any atom is 0.194 e. The highest BCUT2D eigenvalue weighted by molar-refractivity contribution is 6.30. The molecule has 0 bridgehead atoms. The minimum Gasteiger partial charge on any atom is -0.306 e. The molecule has 21 heavy (non-hydrogen) atoms. The van der Waals surface area contributed by atoms with Crippen LogP contribution in [0, 0.1) is 23.3 Å². The van der Waals surface area contributed by atoms with Crippen molar-refractivity contribution in [2.45, 2.75) is 13.0 Å². The van der Waals surface area contributed by atoms with Crippen LogP contribution < -0.4 is 5.32 Å². The largest absolute Gasteiger partial charge is 0.306 e. The minimum atomic E-state index is -1.54. The maximum atomic E-state index is 13.9. The molecule has 0 saturated heterocycles. The van der Waals surface area contributed by atoms with E-state index in [1.165, 1.54) is 12.1 Å². The van der Waals surface area contributed by atoms with Gasteiger partial charge in [0.05, 0.1) is 11.1 Å². The molecule has 1 unspecified atom stereocenters. The lowest BCUT2D eigenvalue weighted by atomic mass is 9.97. The van der Waals surface area contributed by atoms with Crippen molar-refractivity contribution in [3.63, 3.8) is 0 Å². The molecular formula is C15H12ClF4N. The van der Waals surface area contributed by atoms with E-state index in [9.17, 15) is 17.6 Å². The van der Waals surface area contributed by atoms with E-state index in [0.29, 0.717) is 12.1 Å². The van der Waals surface area contributed by atoms with Gasteiger partial charge in [-0.05, 0) is 30.3 Å². The number of nitrogens with one attached hydrogen (secondary N) is 1. The topological polar surface area (TPSA) is 12.0 Å². The third-order valence-electron chi connectivity index (χ3n) is 3.06. The van der Waals surface area contributed by atoms with Crippen LogP contribution >= 0.6 is 11.6 Å². The lowest BCUT2D eigenvalue weighted by Crippen LogP contribution is -2.23. The second-order valence-electron chi connectivity index (χ2n) is 4.43. The third kappa shape index (κ3) is 3.19. The van der Waals surface area contributed by atoms with Crippen LogP contribution in [0.3, 0.4) is 0 Å². The monoisotopic (exact) mass is 317 g/mol. The van der Waals surface area contributed by atoms with Gasteiger partial charge >= 0.3 is 0 Å². The summed E-state index contributed by atoms with van der Waals surface area (Å²) in [6, 6.07) is 5.12. The molecule has 2 rings (SSSR count). The molecule has 0 fully saturated rings. The standard InChI is InChI=1S/C15H12ClF4N/c1-2-21-15(8-3-5-11(17)10(16)7-8)9-4-6-12(18)14(20)13(9)19/h3-7,15,21H,2H2,1H3. The van der Waals surface area contributed by atoms with Crippen molar-refractivity contribution in [2.24, 2.45) is 0 Å². The van der Waals surface area contributed by atoms with Gasteiger partial charge in [0.1, 0.15) is 5.82 Å². The third-order valence-corrected chi connectivity index (χ3v) is 3.35. The first-order valence-corrected chi connectivity index (χ1v) is 6.65. The zero-order valence-corrected chi connectivity index (χ0v) is 11.8. The predicted molar refractivity (Wildman–Crippen MR) is 73.2 cm³/mol. The SMILES string of the molecule is CCNC(c1ccc(F)c(Cl)c1)c1ccc(F)c(F)c1F. The van der Waals surface area contributed by atoms with E-state index < -0.39 is 29.3 Å². The highest BCUT2D eigenvalue weighted by atomic mass is 35.5. The molecule has 0 spiro atoms. The van der Waals surface area contributed by atoms with E-state index in [4.69, 9.17) is 11.6 Å². The van der Waals surface area contributed by atoms with E-state index >= 15 is 0 Å². The summed E-state index contributed by atoms with van der Waals surface area (Å²) in [6.07, 6.45) is 0. The van der Waals surface area contributed by atoms with Gasteiger partial charge in [0.15, 0.2) is 17.5 Å². The van der Waals surface area contributed by atoms with Crippen molar-refractivity contribution in [1.29, 1.82) is 0 Å². The smallest absolute Gasteiger partial charge is 0.194 e. The summed E-state index contributed by atoms with van der Waals surface area (Å²) in [4.78, 5) is 0. The molecule has 2 aromatic carbocycles. The molecule has 1 atom stereocenters. The Kier molecular flexibility index (Phi) is 4.85. The first kappa shape index (κ1) is 15.8. The van der Waals surface area contributed by atoms with Gasteiger partial charge in [-0.15, -0.1) is 0 Å². The molecular weight excluding hydrogens is 306 g/mol. The summed E-state index contributed by atoms with van der Waals surface area (Å²) >= 11 is 5.71. The van der Waals surface area contributed by atoms with Crippen molar-refractivity contribution >= 4 is 11.6 Å². The quantitative estimate of drug-likeness (QED) is 0.642. The van der Waals surface area contributed by atoms with Gasteiger partial charge < -0.3 is 5.32 Å². The van der Waals surface area contributed by atoms with Crippen LogP contribution in [0.4, 0.5) is 17.6 Å². The highest BCUT2D eigenvalue weighted by Crippen LogP contribution is 2.29. The van der Waals surface area contributed by atoms with Gasteiger partial charge in [0, 0.05) is 5.56 Å². The number of hydrogen-bond acceptors (Lipinski definition) is 1. The molecule has 0 aliphatic heterocycles. The Hall–Kier alpha value is -1.59. The lowest BCUT2D eigenvalue weighted by Gasteiger charge is -2.20. The summed E-state index contributed by atoms with van der Waals surface area (Å²) in [5.41, 5.74) is 0.381. The molecule has 0 radical (unpaired) electrons. The fourth-order valence-corrected chi connectivity index (χ4v) is 2.26. The Morgan fingerprint density at radius 2 is 1.67 bits per heavy atom. The fourth-order valence-electron chi connectivity index (χ4n) is 2.07.